The smallest absolute Gasteiger partial charge is 0.250 e. The summed E-state index contributed by atoms with van der Waals surface area (Å²) in [7, 11) is 0. The normalized spacial score (nSPS) is 11.8. The molecule has 0 aliphatic carbocycles. The highest BCUT2D eigenvalue weighted by molar-refractivity contribution is 9.10. The second kappa shape index (κ2) is 8.09. The van der Waals surface area contributed by atoms with E-state index in [9.17, 15) is 4.79 Å². The minimum absolute atomic E-state index is 0.253. The fourth-order valence-electron chi connectivity index (χ4n) is 2.30. The zero-order valence-electron chi connectivity index (χ0n) is 14.4. The van der Waals surface area contributed by atoms with Crippen molar-refractivity contribution in [3.63, 3.8) is 0 Å². The fourth-order valence-corrected chi connectivity index (χ4v) is 2.56. The molecule has 1 amide bonds. The van der Waals surface area contributed by atoms with Crippen LogP contribution in [0.4, 0.5) is 5.69 Å². The fraction of sp³-hybridized carbons (Fsp3) is 0.222. The first kappa shape index (κ1) is 18.1. The number of rotatable bonds is 6. The lowest BCUT2D eigenvalue weighted by Crippen LogP contribution is -2.25. The van der Waals surface area contributed by atoms with Crippen LogP contribution in [0, 0.1) is 0 Å². The molecule has 1 N–H and O–H groups in total. The summed E-state index contributed by atoms with van der Waals surface area (Å²) in [4.78, 5) is 13.9. The molecule has 0 spiro atoms. The molecule has 7 nitrogen and oxygen atoms in total. The molecule has 0 radical (unpaired) electrons. The lowest BCUT2D eigenvalue weighted by atomic mass is 10.2. The zero-order chi connectivity index (χ0) is 18.5. The maximum atomic E-state index is 12.6. The van der Waals surface area contributed by atoms with E-state index in [1.54, 1.807) is 13.0 Å². The number of nitrogens with one attached hydrogen (secondary N) is 1. The van der Waals surface area contributed by atoms with Gasteiger partial charge in [0.2, 0.25) is 5.82 Å². The second-order valence-electron chi connectivity index (χ2n) is 5.53. The van der Waals surface area contributed by atoms with Crippen molar-refractivity contribution >= 4 is 27.5 Å². The van der Waals surface area contributed by atoms with Crippen LogP contribution in [0.2, 0.25) is 0 Å². The van der Waals surface area contributed by atoms with Gasteiger partial charge in [0.05, 0.1) is 12.3 Å². The molecule has 1 aromatic heterocycles. The van der Waals surface area contributed by atoms with Gasteiger partial charge >= 0.3 is 0 Å². The molecule has 0 bridgehead atoms. The summed E-state index contributed by atoms with van der Waals surface area (Å²) < 4.78 is 6.49. The lowest BCUT2D eigenvalue weighted by Gasteiger charge is -2.14. The Bertz CT molecular complexity index is 895. The summed E-state index contributed by atoms with van der Waals surface area (Å²) in [6.45, 7) is 4.12. The number of aromatic nitrogens is 4. The maximum Gasteiger partial charge on any atom is 0.250 e. The molecule has 0 saturated heterocycles. The minimum atomic E-state index is -0.624. The molecular formula is C18H18BrN5O2. The standard InChI is InChI=1S/C18H18BrN5O2/c1-3-26-16-7-5-4-6-15(16)20-18(25)12(2)24-22-17(21-23-24)13-8-10-14(19)11-9-13/h4-12H,3H2,1-2H3,(H,20,25). The molecule has 26 heavy (non-hydrogen) atoms. The van der Waals surface area contributed by atoms with Crippen LogP contribution in [0.5, 0.6) is 5.75 Å². The molecule has 8 heteroatoms. The van der Waals surface area contributed by atoms with Gasteiger partial charge in [-0.2, -0.15) is 4.80 Å². The number of ether oxygens (including phenoxy) is 1. The number of halogens is 1. The van der Waals surface area contributed by atoms with Crippen LogP contribution < -0.4 is 10.1 Å². The van der Waals surface area contributed by atoms with E-state index in [-0.39, 0.29) is 5.91 Å². The largest absolute Gasteiger partial charge is 0.492 e. The van der Waals surface area contributed by atoms with E-state index in [0.29, 0.717) is 23.9 Å². The van der Waals surface area contributed by atoms with Gasteiger partial charge in [-0.05, 0) is 55.5 Å². The Hall–Kier alpha value is -2.74. The topological polar surface area (TPSA) is 81.9 Å². The van der Waals surface area contributed by atoms with Crippen molar-refractivity contribution in [2.24, 2.45) is 0 Å². The molecule has 3 rings (SSSR count). The number of hydrogen-bond acceptors (Lipinski definition) is 5. The number of benzene rings is 2. The maximum absolute atomic E-state index is 12.6. The number of carbonyl (C=O) groups excluding carboxylic acids is 1. The highest BCUT2D eigenvalue weighted by atomic mass is 79.9. The monoisotopic (exact) mass is 415 g/mol. The number of nitrogens with zero attached hydrogens (tertiary/aromatic N) is 4. The van der Waals surface area contributed by atoms with E-state index < -0.39 is 6.04 Å². The first-order chi connectivity index (χ1) is 12.6. The van der Waals surface area contributed by atoms with Crippen molar-refractivity contribution in [1.29, 1.82) is 0 Å². The second-order valence-corrected chi connectivity index (χ2v) is 6.45. The summed E-state index contributed by atoms with van der Waals surface area (Å²) >= 11 is 3.39. The molecule has 2 aromatic carbocycles. The Kier molecular flexibility index (Phi) is 5.62. The van der Waals surface area contributed by atoms with Crippen molar-refractivity contribution in [3.05, 3.63) is 53.0 Å². The van der Waals surface area contributed by atoms with Gasteiger partial charge in [-0.3, -0.25) is 4.79 Å². The van der Waals surface area contributed by atoms with Crippen LogP contribution in [0.25, 0.3) is 11.4 Å². The van der Waals surface area contributed by atoms with E-state index in [1.165, 1.54) is 4.80 Å². The third-order valence-corrected chi connectivity index (χ3v) is 4.23. The summed E-state index contributed by atoms with van der Waals surface area (Å²) in [5, 5.41) is 15.2. The minimum Gasteiger partial charge on any atom is -0.492 e. The van der Waals surface area contributed by atoms with Crippen molar-refractivity contribution in [3.8, 4) is 17.1 Å². The van der Waals surface area contributed by atoms with E-state index in [1.807, 2.05) is 49.4 Å². The quantitative estimate of drug-likeness (QED) is 0.663. The number of amides is 1. The van der Waals surface area contributed by atoms with Gasteiger partial charge < -0.3 is 10.1 Å². The highest BCUT2D eigenvalue weighted by Gasteiger charge is 2.20. The average molecular weight is 416 g/mol. The van der Waals surface area contributed by atoms with Crippen LogP contribution in [-0.2, 0) is 4.79 Å². The number of para-hydroxylation sites is 2. The van der Waals surface area contributed by atoms with E-state index in [2.05, 4.69) is 36.7 Å². The van der Waals surface area contributed by atoms with E-state index in [0.717, 1.165) is 10.0 Å². The van der Waals surface area contributed by atoms with Crippen LogP contribution in [0.15, 0.2) is 53.0 Å². The third kappa shape index (κ3) is 4.08. The van der Waals surface area contributed by atoms with Crippen LogP contribution in [0.3, 0.4) is 0 Å². The molecule has 1 unspecified atom stereocenters. The molecule has 0 aliphatic heterocycles. The number of tetrazole rings is 1. The van der Waals surface area contributed by atoms with Crippen LogP contribution in [-0.4, -0.2) is 32.7 Å². The predicted octanol–water partition coefficient (Wildman–Crippen LogP) is 3.70. The number of carbonyl (C=O) groups is 1. The van der Waals surface area contributed by atoms with Crippen molar-refractivity contribution in [2.45, 2.75) is 19.9 Å². The van der Waals surface area contributed by atoms with Gasteiger partial charge in [-0.1, -0.05) is 28.1 Å². The molecule has 0 saturated carbocycles. The van der Waals surface area contributed by atoms with E-state index >= 15 is 0 Å². The Balaban J connectivity index is 1.74. The lowest BCUT2D eigenvalue weighted by molar-refractivity contribution is -0.119. The molecular weight excluding hydrogens is 398 g/mol. The summed E-state index contributed by atoms with van der Waals surface area (Å²) in [5.74, 6) is 0.835. The molecule has 0 aliphatic rings. The summed E-state index contributed by atoms with van der Waals surface area (Å²) in [6, 6.07) is 14.2. The van der Waals surface area contributed by atoms with Gasteiger partial charge in [-0.25, -0.2) is 0 Å². The Labute approximate surface area is 159 Å². The van der Waals surface area contributed by atoms with Crippen molar-refractivity contribution < 1.29 is 9.53 Å². The SMILES string of the molecule is CCOc1ccccc1NC(=O)C(C)n1nnc(-c2ccc(Br)cc2)n1. The Morgan fingerprint density at radius 2 is 1.96 bits per heavy atom. The Morgan fingerprint density at radius 1 is 1.23 bits per heavy atom. The number of hydrogen-bond donors (Lipinski definition) is 1. The van der Waals surface area contributed by atoms with Gasteiger partial charge in [0.25, 0.3) is 5.91 Å². The molecule has 3 aromatic rings. The first-order valence-corrected chi connectivity index (χ1v) is 8.96. The van der Waals surface area contributed by atoms with Gasteiger partial charge in [0, 0.05) is 10.0 Å². The van der Waals surface area contributed by atoms with Crippen LogP contribution >= 0.6 is 15.9 Å². The summed E-state index contributed by atoms with van der Waals surface area (Å²) in [6.07, 6.45) is 0. The Morgan fingerprint density at radius 3 is 2.69 bits per heavy atom. The summed E-state index contributed by atoms with van der Waals surface area (Å²) in [5.41, 5.74) is 1.44. The first-order valence-electron chi connectivity index (χ1n) is 8.16. The molecule has 134 valence electrons. The molecule has 1 heterocycles. The number of anilines is 1. The van der Waals surface area contributed by atoms with E-state index in [4.69, 9.17) is 4.74 Å². The predicted molar refractivity (Wildman–Crippen MR) is 102 cm³/mol. The third-order valence-electron chi connectivity index (χ3n) is 3.70. The zero-order valence-corrected chi connectivity index (χ0v) is 16.0. The highest BCUT2D eigenvalue weighted by Crippen LogP contribution is 2.25. The molecule has 0 fully saturated rings. The van der Waals surface area contributed by atoms with Gasteiger partial charge in [0.1, 0.15) is 11.8 Å². The van der Waals surface area contributed by atoms with Crippen molar-refractivity contribution in [1.82, 2.24) is 20.2 Å². The van der Waals surface area contributed by atoms with Gasteiger partial charge in [0.15, 0.2) is 0 Å². The van der Waals surface area contributed by atoms with Gasteiger partial charge in [-0.15, -0.1) is 10.2 Å². The molecule has 1 atom stereocenters. The average Bonchev–Trinajstić information content (AvgIpc) is 3.13. The van der Waals surface area contributed by atoms with Crippen LogP contribution in [0.1, 0.15) is 19.9 Å². The van der Waals surface area contributed by atoms with Crippen molar-refractivity contribution in [2.75, 3.05) is 11.9 Å².